The molecule has 1 aliphatic carbocycles. The van der Waals surface area contributed by atoms with Gasteiger partial charge in [0.1, 0.15) is 5.84 Å². The van der Waals surface area contributed by atoms with E-state index in [0.717, 1.165) is 45.0 Å². The number of benzene rings is 11. The van der Waals surface area contributed by atoms with Crippen LogP contribution in [-0.4, -0.2) is 5.84 Å². The standard InChI is InChI=1S/C67H45N3/c1-4-20-44(21-5-1)60-43-61(69-66(68-60)45-22-6-2-7-23-45)50-27-19-26-48(41-50)46-24-18-25-47(40-46)49-38-39-56-59(42-49)67(65-55-33-13-11-31-53(55)52-30-10-12-32-54(52)64(56)65)57-34-14-16-36-62(57)70(51-28-8-3-9-29-51)63-37-17-15-35-58(63)67/h1-43,61H,(H,68,69). The van der Waals surface area contributed by atoms with Crippen molar-refractivity contribution < 1.29 is 0 Å². The minimum Gasteiger partial charge on any atom is -0.340 e. The number of aliphatic imine (C=N–C) groups is 1. The summed E-state index contributed by atoms with van der Waals surface area (Å²) in [6.07, 6.45) is 2.25. The highest BCUT2D eigenvalue weighted by Gasteiger charge is 2.53. The first-order valence-electron chi connectivity index (χ1n) is 24.2. The summed E-state index contributed by atoms with van der Waals surface area (Å²) in [6, 6.07) is 93.3. The minimum absolute atomic E-state index is 0.171. The van der Waals surface area contributed by atoms with E-state index in [1.165, 1.54) is 77.4 Å². The molecule has 2 aliphatic heterocycles. The van der Waals surface area contributed by atoms with Crippen LogP contribution in [0.1, 0.15) is 45.0 Å². The van der Waals surface area contributed by atoms with Gasteiger partial charge in [-0.25, -0.2) is 0 Å². The third kappa shape index (κ3) is 6.11. The van der Waals surface area contributed by atoms with Crippen molar-refractivity contribution >= 4 is 50.1 Å². The van der Waals surface area contributed by atoms with Crippen molar-refractivity contribution in [2.75, 3.05) is 4.90 Å². The Kier molecular flexibility index (Phi) is 9.18. The molecule has 11 aromatic rings. The molecular weight excluding hydrogens is 847 g/mol. The van der Waals surface area contributed by atoms with Crippen molar-refractivity contribution in [1.82, 2.24) is 5.32 Å². The first kappa shape index (κ1) is 40.1. The number of para-hydroxylation sites is 3. The Bertz CT molecular complexity index is 3820. The van der Waals surface area contributed by atoms with Gasteiger partial charge in [-0.1, -0.05) is 212 Å². The molecule has 0 radical (unpaired) electrons. The molecule has 0 saturated heterocycles. The van der Waals surface area contributed by atoms with Gasteiger partial charge in [0, 0.05) is 16.9 Å². The lowest BCUT2D eigenvalue weighted by Gasteiger charge is -2.45. The third-order valence-electron chi connectivity index (χ3n) is 14.8. The van der Waals surface area contributed by atoms with Gasteiger partial charge in [-0.3, -0.25) is 4.99 Å². The van der Waals surface area contributed by atoms with Gasteiger partial charge in [0.25, 0.3) is 0 Å². The molecule has 2 heterocycles. The fourth-order valence-corrected chi connectivity index (χ4v) is 11.9. The number of amidine groups is 1. The summed E-state index contributed by atoms with van der Waals surface area (Å²) in [5, 5.41) is 8.77. The fourth-order valence-electron chi connectivity index (χ4n) is 11.9. The Morgan fingerprint density at radius 2 is 0.900 bits per heavy atom. The summed E-state index contributed by atoms with van der Waals surface area (Å²) >= 11 is 0. The number of nitrogens with one attached hydrogen (secondary N) is 1. The van der Waals surface area contributed by atoms with Crippen molar-refractivity contribution in [1.29, 1.82) is 0 Å². The number of hydrogen-bond donors (Lipinski definition) is 1. The Balaban J connectivity index is 0.955. The van der Waals surface area contributed by atoms with Gasteiger partial charge in [-0.2, -0.15) is 0 Å². The number of anilines is 3. The van der Waals surface area contributed by atoms with Crippen molar-refractivity contribution in [3.63, 3.8) is 0 Å². The van der Waals surface area contributed by atoms with E-state index in [1.807, 2.05) is 6.07 Å². The zero-order valence-electron chi connectivity index (χ0n) is 38.3. The van der Waals surface area contributed by atoms with Gasteiger partial charge in [0.15, 0.2) is 0 Å². The quantitative estimate of drug-likeness (QED) is 0.168. The van der Waals surface area contributed by atoms with E-state index in [1.54, 1.807) is 0 Å². The predicted molar refractivity (Wildman–Crippen MR) is 291 cm³/mol. The van der Waals surface area contributed by atoms with E-state index >= 15 is 0 Å². The second kappa shape index (κ2) is 16.0. The van der Waals surface area contributed by atoms with Gasteiger partial charge in [0.2, 0.25) is 0 Å². The molecule has 0 fully saturated rings. The molecule has 1 atom stereocenters. The topological polar surface area (TPSA) is 27.6 Å². The van der Waals surface area contributed by atoms with Crippen LogP contribution in [0.15, 0.2) is 266 Å². The number of hydrogen-bond acceptors (Lipinski definition) is 3. The summed E-state index contributed by atoms with van der Waals surface area (Å²) in [5.41, 5.74) is 19.8. The van der Waals surface area contributed by atoms with E-state index in [-0.39, 0.29) is 6.04 Å². The average molecular weight is 892 g/mol. The molecule has 3 nitrogen and oxygen atoms in total. The van der Waals surface area contributed by atoms with Gasteiger partial charge < -0.3 is 10.2 Å². The number of fused-ring (bicyclic) bond motifs is 14. The smallest absolute Gasteiger partial charge is 0.133 e. The monoisotopic (exact) mass is 891 g/mol. The first-order valence-corrected chi connectivity index (χ1v) is 24.2. The van der Waals surface area contributed by atoms with Gasteiger partial charge >= 0.3 is 0 Å². The molecule has 14 rings (SSSR count). The summed E-state index contributed by atoms with van der Waals surface area (Å²) in [5.74, 6) is 0.868. The lowest BCUT2D eigenvalue weighted by molar-refractivity contribution is 0.759. The minimum atomic E-state index is -0.630. The van der Waals surface area contributed by atoms with Crippen LogP contribution >= 0.6 is 0 Å². The van der Waals surface area contributed by atoms with Crippen LogP contribution in [0.25, 0.3) is 60.6 Å². The highest BCUT2D eigenvalue weighted by atomic mass is 15.2. The normalized spacial score (nSPS) is 15.1. The summed E-state index contributed by atoms with van der Waals surface area (Å²) in [7, 11) is 0. The summed E-state index contributed by atoms with van der Waals surface area (Å²) < 4.78 is 0. The molecular formula is C67H45N3. The molecule has 0 bridgehead atoms. The highest BCUT2D eigenvalue weighted by molar-refractivity contribution is 6.20. The Labute approximate surface area is 408 Å². The van der Waals surface area contributed by atoms with Gasteiger partial charge in [0.05, 0.1) is 22.8 Å². The van der Waals surface area contributed by atoms with E-state index < -0.39 is 5.41 Å². The molecule has 1 spiro atoms. The third-order valence-corrected chi connectivity index (χ3v) is 14.8. The number of nitrogens with zero attached hydrogens (tertiary/aromatic N) is 2. The van der Waals surface area contributed by atoms with Crippen LogP contribution in [0.2, 0.25) is 0 Å². The summed E-state index contributed by atoms with van der Waals surface area (Å²) in [4.78, 5) is 7.77. The lowest BCUT2D eigenvalue weighted by Crippen LogP contribution is -2.36. The Hall–Kier alpha value is -9.05. The second-order valence-electron chi connectivity index (χ2n) is 18.6. The molecule has 0 amide bonds. The van der Waals surface area contributed by atoms with Crippen molar-refractivity contribution in [3.8, 4) is 33.4 Å². The van der Waals surface area contributed by atoms with Crippen molar-refractivity contribution in [2.24, 2.45) is 4.99 Å². The fraction of sp³-hybridized carbons (Fsp3) is 0.0299. The lowest BCUT2D eigenvalue weighted by atomic mass is 9.63. The van der Waals surface area contributed by atoms with E-state index in [0.29, 0.717) is 0 Å². The average Bonchev–Trinajstić information content (AvgIpc) is 3.75. The van der Waals surface area contributed by atoms with E-state index in [4.69, 9.17) is 4.99 Å². The van der Waals surface area contributed by atoms with Gasteiger partial charge in [-0.05, 0) is 137 Å². The zero-order chi connectivity index (χ0) is 46.2. The second-order valence-corrected chi connectivity index (χ2v) is 18.6. The van der Waals surface area contributed by atoms with Crippen LogP contribution in [-0.2, 0) is 5.41 Å². The molecule has 1 unspecified atom stereocenters. The van der Waals surface area contributed by atoms with Crippen LogP contribution < -0.4 is 10.2 Å². The zero-order valence-corrected chi connectivity index (χ0v) is 38.3. The van der Waals surface area contributed by atoms with Crippen molar-refractivity contribution in [2.45, 2.75) is 11.5 Å². The molecule has 1 N–H and O–H groups in total. The van der Waals surface area contributed by atoms with Crippen LogP contribution in [0.5, 0.6) is 0 Å². The SMILES string of the molecule is C1=C(c2ccccc2)NC(c2ccccc2)=NC1c1cccc(-c2cccc(-c3ccc4c(c3)C3(c5ccccc5N(c5ccccc5)c5ccccc53)c3c-4c4ccccc4c4ccccc34)c2)c1. The molecule has 3 heteroatoms. The first-order chi connectivity index (χ1) is 34.7. The Morgan fingerprint density at radius 1 is 0.386 bits per heavy atom. The molecule has 0 saturated carbocycles. The van der Waals surface area contributed by atoms with Crippen LogP contribution in [0, 0.1) is 0 Å². The molecule has 3 aliphatic rings. The maximum Gasteiger partial charge on any atom is 0.133 e. The van der Waals surface area contributed by atoms with Crippen LogP contribution in [0.4, 0.5) is 17.1 Å². The molecule has 0 aromatic heterocycles. The predicted octanol–water partition coefficient (Wildman–Crippen LogP) is 16.6. The van der Waals surface area contributed by atoms with Crippen LogP contribution in [0.3, 0.4) is 0 Å². The van der Waals surface area contributed by atoms with Gasteiger partial charge in [-0.15, -0.1) is 0 Å². The highest BCUT2D eigenvalue weighted by Crippen LogP contribution is 2.66. The maximum absolute atomic E-state index is 5.31. The summed E-state index contributed by atoms with van der Waals surface area (Å²) in [6.45, 7) is 0. The largest absolute Gasteiger partial charge is 0.340 e. The van der Waals surface area contributed by atoms with E-state index in [9.17, 15) is 0 Å². The maximum atomic E-state index is 5.31. The number of rotatable bonds is 6. The Morgan fingerprint density at radius 3 is 1.59 bits per heavy atom. The van der Waals surface area contributed by atoms with E-state index in [2.05, 4.69) is 265 Å². The molecule has 328 valence electrons. The molecule has 70 heavy (non-hydrogen) atoms. The molecule has 11 aromatic carbocycles. The van der Waals surface area contributed by atoms with Crippen molar-refractivity contribution in [3.05, 3.63) is 300 Å².